The van der Waals surface area contributed by atoms with Gasteiger partial charge < -0.3 is 14.5 Å². The van der Waals surface area contributed by atoms with Gasteiger partial charge in [-0.2, -0.15) is 5.10 Å². The highest BCUT2D eigenvalue weighted by atomic mass is 79.9. The van der Waals surface area contributed by atoms with E-state index in [0.717, 1.165) is 28.9 Å². The van der Waals surface area contributed by atoms with Gasteiger partial charge in [-0.1, -0.05) is 12.1 Å². The lowest BCUT2D eigenvalue weighted by Gasteiger charge is -2.06. The summed E-state index contributed by atoms with van der Waals surface area (Å²) in [5, 5.41) is 7.16. The molecule has 3 rings (SSSR count). The molecule has 0 radical (unpaired) electrons. The number of furan rings is 1. The topological polar surface area (TPSA) is 69.3 Å². The number of halogens is 1. The third-order valence-corrected chi connectivity index (χ3v) is 4.37. The van der Waals surface area contributed by atoms with Gasteiger partial charge in [0, 0.05) is 19.3 Å². The molecule has 0 fully saturated rings. The summed E-state index contributed by atoms with van der Waals surface area (Å²) in [4.78, 5) is 12.1. The number of carbonyl (C=O) groups excluding carboxylic acids is 1. The van der Waals surface area contributed by atoms with Crippen molar-refractivity contribution in [3.63, 3.8) is 0 Å². The molecule has 0 atom stereocenters. The van der Waals surface area contributed by atoms with E-state index >= 15 is 0 Å². The number of aromatic nitrogens is 2. The number of aryl methyl sites for hydroxylation is 2. The number of hydrogen-bond donors (Lipinski definition) is 1. The number of rotatable bonds is 8. The van der Waals surface area contributed by atoms with Gasteiger partial charge in [-0.3, -0.25) is 9.48 Å². The minimum Gasteiger partial charge on any atom is -0.484 e. The van der Waals surface area contributed by atoms with Crippen LogP contribution in [0.4, 0.5) is 0 Å². The Morgan fingerprint density at radius 2 is 2.12 bits per heavy atom. The molecule has 0 unspecified atom stereocenters. The number of nitrogens with zero attached hydrogens (tertiary/aromatic N) is 2. The van der Waals surface area contributed by atoms with Crippen molar-refractivity contribution >= 4 is 21.8 Å². The standard InChI is InChI=1S/C19H20BrN3O3/c1-14-9-12-23(22-14)11-4-10-21-19(24)18-8-7-15(26-18)13-25-17-6-3-2-5-16(17)20/h2-3,5-9,12H,4,10-11,13H2,1H3,(H,21,24). The fourth-order valence-corrected chi connectivity index (χ4v) is 2.81. The van der Waals surface area contributed by atoms with E-state index in [1.54, 1.807) is 12.1 Å². The van der Waals surface area contributed by atoms with Crippen LogP contribution in [0.15, 0.2) is 57.6 Å². The first-order valence-corrected chi connectivity index (χ1v) is 9.15. The predicted octanol–water partition coefficient (Wildman–Crippen LogP) is 3.95. The SMILES string of the molecule is Cc1ccn(CCCNC(=O)c2ccc(COc3ccccc3Br)o2)n1. The summed E-state index contributed by atoms with van der Waals surface area (Å²) in [5.41, 5.74) is 0.988. The van der Waals surface area contributed by atoms with Gasteiger partial charge in [0.05, 0.1) is 10.2 Å². The molecule has 7 heteroatoms. The van der Waals surface area contributed by atoms with Gasteiger partial charge >= 0.3 is 0 Å². The molecule has 0 bridgehead atoms. The number of hydrogen-bond acceptors (Lipinski definition) is 4. The second-order valence-corrected chi connectivity index (χ2v) is 6.67. The number of para-hydroxylation sites is 1. The van der Waals surface area contributed by atoms with Crippen LogP contribution in [-0.4, -0.2) is 22.2 Å². The van der Waals surface area contributed by atoms with Crippen LogP contribution in [0.1, 0.15) is 28.4 Å². The van der Waals surface area contributed by atoms with Crippen molar-refractivity contribution in [3.8, 4) is 5.75 Å². The van der Waals surface area contributed by atoms with Crippen molar-refractivity contribution in [1.82, 2.24) is 15.1 Å². The van der Waals surface area contributed by atoms with Crippen molar-refractivity contribution in [2.24, 2.45) is 0 Å². The van der Waals surface area contributed by atoms with Crippen molar-refractivity contribution in [3.05, 3.63) is 70.3 Å². The summed E-state index contributed by atoms with van der Waals surface area (Å²) in [6.45, 7) is 3.53. The average molecular weight is 418 g/mol. The number of carbonyl (C=O) groups is 1. The number of nitrogens with one attached hydrogen (secondary N) is 1. The monoisotopic (exact) mass is 417 g/mol. The molecule has 26 heavy (non-hydrogen) atoms. The van der Waals surface area contributed by atoms with E-state index in [2.05, 4.69) is 26.3 Å². The van der Waals surface area contributed by atoms with Gasteiger partial charge in [0.25, 0.3) is 5.91 Å². The number of benzene rings is 1. The van der Waals surface area contributed by atoms with E-state index in [0.29, 0.717) is 12.3 Å². The van der Waals surface area contributed by atoms with Crippen LogP contribution in [0.5, 0.6) is 5.75 Å². The minimum atomic E-state index is -0.228. The molecular formula is C19H20BrN3O3. The number of amides is 1. The lowest BCUT2D eigenvalue weighted by atomic mass is 10.3. The zero-order valence-electron chi connectivity index (χ0n) is 14.4. The van der Waals surface area contributed by atoms with Gasteiger partial charge in [-0.15, -0.1) is 0 Å². The largest absolute Gasteiger partial charge is 0.484 e. The Morgan fingerprint density at radius 3 is 2.88 bits per heavy atom. The highest BCUT2D eigenvalue weighted by Gasteiger charge is 2.11. The van der Waals surface area contributed by atoms with E-state index in [9.17, 15) is 4.79 Å². The van der Waals surface area contributed by atoms with Crippen LogP contribution in [-0.2, 0) is 13.2 Å². The fourth-order valence-electron chi connectivity index (χ4n) is 2.41. The van der Waals surface area contributed by atoms with Crippen molar-refractivity contribution in [2.45, 2.75) is 26.5 Å². The fraction of sp³-hybridized carbons (Fsp3) is 0.263. The summed E-state index contributed by atoms with van der Waals surface area (Å²) in [7, 11) is 0. The molecular weight excluding hydrogens is 398 g/mol. The van der Waals surface area contributed by atoms with Crippen LogP contribution in [0, 0.1) is 6.92 Å². The first-order chi connectivity index (χ1) is 12.6. The molecule has 0 aliphatic carbocycles. The van der Waals surface area contributed by atoms with Gasteiger partial charge in [-0.05, 0) is 59.6 Å². The van der Waals surface area contributed by atoms with Crippen LogP contribution in [0.3, 0.4) is 0 Å². The highest BCUT2D eigenvalue weighted by molar-refractivity contribution is 9.10. The van der Waals surface area contributed by atoms with E-state index in [1.807, 2.05) is 48.1 Å². The van der Waals surface area contributed by atoms with Gasteiger partial charge in [0.1, 0.15) is 18.1 Å². The summed E-state index contributed by atoms with van der Waals surface area (Å²) in [6, 6.07) is 12.9. The zero-order chi connectivity index (χ0) is 18.4. The Balaban J connectivity index is 1.43. The summed E-state index contributed by atoms with van der Waals surface area (Å²) in [6.07, 6.45) is 2.73. The van der Waals surface area contributed by atoms with Crippen molar-refractivity contribution < 1.29 is 13.9 Å². The summed E-state index contributed by atoms with van der Waals surface area (Å²) in [5.74, 6) is 1.38. The van der Waals surface area contributed by atoms with Crippen molar-refractivity contribution in [2.75, 3.05) is 6.54 Å². The first kappa shape index (κ1) is 18.3. The van der Waals surface area contributed by atoms with Crippen LogP contribution < -0.4 is 10.1 Å². The molecule has 1 amide bonds. The average Bonchev–Trinajstić information content (AvgIpc) is 3.27. The van der Waals surface area contributed by atoms with E-state index < -0.39 is 0 Å². The van der Waals surface area contributed by atoms with Crippen molar-refractivity contribution in [1.29, 1.82) is 0 Å². The Labute approximate surface area is 160 Å². The second kappa shape index (κ2) is 8.71. The van der Waals surface area contributed by atoms with E-state index in [1.165, 1.54) is 0 Å². The first-order valence-electron chi connectivity index (χ1n) is 8.36. The van der Waals surface area contributed by atoms with Gasteiger partial charge in [-0.25, -0.2) is 0 Å². The summed E-state index contributed by atoms with van der Waals surface area (Å²) >= 11 is 3.43. The molecule has 0 saturated heterocycles. The predicted molar refractivity (Wildman–Crippen MR) is 101 cm³/mol. The zero-order valence-corrected chi connectivity index (χ0v) is 16.0. The normalized spacial score (nSPS) is 10.7. The quantitative estimate of drug-likeness (QED) is 0.563. The Kier molecular flexibility index (Phi) is 6.12. The molecule has 2 aromatic heterocycles. The maximum absolute atomic E-state index is 12.1. The third kappa shape index (κ3) is 4.98. The Morgan fingerprint density at radius 1 is 1.27 bits per heavy atom. The van der Waals surface area contributed by atoms with E-state index in [-0.39, 0.29) is 18.3 Å². The minimum absolute atomic E-state index is 0.228. The number of ether oxygens (including phenoxy) is 1. The van der Waals surface area contributed by atoms with E-state index in [4.69, 9.17) is 9.15 Å². The Bertz CT molecular complexity index is 872. The second-order valence-electron chi connectivity index (χ2n) is 5.81. The molecule has 1 N–H and O–H groups in total. The third-order valence-electron chi connectivity index (χ3n) is 3.72. The molecule has 0 spiro atoms. The van der Waals surface area contributed by atoms with Gasteiger partial charge in [0.15, 0.2) is 5.76 Å². The molecule has 136 valence electrons. The maximum atomic E-state index is 12.1. The van der Waals surface area contributed by atoms with Gasteiger partial charge in [0.2, 0.25) is 0 Å². The van der Waals surface area contributed by atoms with Crippen LogP contribution in [0.2, 0.25) is 0 Å². The molecule has 2 heterocycles. The lowest BCUT2D eigenvalue weighted by Crippen LogP contribution is -2.24. The molecule has 0 aliphatic rings. The molecule has 1 aromatic carbocycles. The summed E-state index contributed by atoms with van der Waals surface area (Å²) < 4.78 is 14.0. The molecule has 0 aliphatic heterocycles. The highest BCUT2D eigenvalue weighted by Crippen LogP contribution is 2.24. The lowest BCUT2D eigenvalue weighted by molar-refractivity contribution is 0.0920. The Hall–Kier alpha value is -2.54. The van der Waals surface area contributed by atoms with Crippen LogP contribution >= 0.6 is 15.9 Å². The van der Waals surface area contributed by atoms with Crippen LogP contribution in [0.25, 0.3) is 0 Å². The molecule has 0 saturated carbocycles. The maximum Gasteiger partial charge on any atom is 0.286 e. The smallest absolute Gasteiger partial charge is 0.286 e. The molecule has 6 nitrogen and oxygen atoms in total. The molecule has 3 aromatic rings.